The molecule has 0 spiro atoms. The van der Waals surface area contributed by atoms with Crippen molar-refractivity contribution in [3.05, 3.63) is 41.8 Å². The quantitative estimate of drug-likeness (QED) is 0.743. The minimum absolute atomic E-state index is 0.0496. The molecule has 146 valence electrons. The van der Waals surface area contributed by atoms with Crippen LogP contribution in [0.3, 0.4) is 0 Å². The molecule has 1 fully saturated rings. The number of benzene rings is 1. The van der Waals surface area contributed by atoms with E-state index in [0.29, 0.717) is 25.1 Å². The van der Waals surface area contributed by atoms with Crippen LogP contribution in [0.1, 0.15) is 12.8 Å². The molecule has 2 aromatic rings. The van der Waals surface area contributed by atoms with Crippen molar-refractivity contribution in [1.82, 2.24) is 4.31 Å². The Morgan fingerprint density at radius 1 is 1.15 bits per heavy atom. The molecule has 1 amide bonds. The number of rotatable bonds is 5. The molecule has 1 saturated heterocycles. The molecule has 0 aliphatic carbocycles. The van der Waals surface area contributed by atoms with Crippen LogP contribution in [0.4, 0.5) is 5.69 Å². The summed E-state index contributed by atoms with van der Waals surface area (Å²) in [5.74, 6) is -0.782. The summed E-state index contributed by atoms with van der Waals surface area (Å²) in [5, 5.41) is 9.45. The predicted molar refractivity (Wildman–Crippen MR) is 102 cm³/mol. The number of primary sulfonamides is 1. The highest BCUT2D eigenvalue weighted by Crippen LogP contribution is 2.27. The number of hydrogen-bond donors (Lipinski definition) is 2. The summed E-state index contributed by atoms with van der Waals surface area (Å²) in [6.45, 7) is 0.494. The van der Waals surface area contributed by atoms with Crippen LogP contribution in [0.15, 0.2) is 50.9 Å². The van der Waals surface area contributed by atoms with Crippen LogP contribution in [-0.4, -0.2) is 40.1 Å². The molecule has 1 aromatic heterocycles. The number of thiophene rings is 1. The second-order valence-electron chi connectivity index (χ2n) is 6.19. The molecule has 1 atom stereocenters. The van der Waals surface area contributed by atoms with Crippen LogP contribution in [0.5, 0.6) is 0 Å². The Kier molecular flexibility index (Phi) is 5.68. The van der Waals surface area contributed by atoms with Gasteiger partial charge in [0.2, 0.25) is 15.9 Å². The number of nitrogens with zero attached hydrogens (tertiary/aromatic N) is 1. The zero-order valence-corrected chi connectivity index (χ0v) is 16.7. The van der Waals surface area contributed by atoms with Gasteiger partial charge in [-0.3, -0.25) is 4.79 Å². The third-order valence-corrected chi connectivity index (χ3v) is 8.46. The first-order valence-corrected chi connectivity index (χ1v) is 12.0. The first kappa shape index (κ1) is 20.0. The van der Waals surface area contributed by atoms with Crippen molar-refractivity contribution in [1.29, 1.82) is 0 Å². The smallest absolute Gasteiger partial charge is 0.252 e. The molecule has 1 aliphatic rings. The average Bonchev–Trinajstić information content (AvgIpc) is 3.17. The fraction of sp³-hybridized carbons (Fsp3) is 0.312. The van der Waals surface area contributed by atoms with Crippen molar-refractivity contribution >= 4 is 43.0 Å². The first-order chi connectivity index (χ1) is 12.7. The molecule has 3 rings (SSSR count). The molecular formula is C16H19N3O5S3. The van der Waals surface area contributed by atoms with Crippen LogP contribution < -0.4 is 10.5 Å². The zero-order valence-electron chi connectivity index (χ0n) is 14.2. The summed E-state index contributed by atoms with van der Waals surface area (Å²) in [6, 6.07) is 8.73. The molecule has 0 saturated carbocycles. The van der Waals surface area contributed by atoms with E-state index in [0.717, 1.165) is 11.3 Å². The molecule has 1 aromatic carbocycles. The van der Waals surface area contributed by atoms with Crippen molar-refractivity contribution in [2.24, 2.45) is 11.1 Å². The third-order valence-electron chi connectivity index (χ3n) is 4.29. The summed E-state index contributed by atoms with van der Waals surface area (Å²) in [5.41, 5.74) is 0.422. The molecular weight excluding hydrogens is 410 g/mol. The fourth-order valence-electron chi connectivity index (χ4n) is 2.88. The average molecular weight is 430 g/mol. The normalized spacial score (nSPS) is 18.9. The van der Waals surface area contributed by atoms with Gasteiger partial charge in [0.05, 0.1) is 10.8 Å². The number of amides is 1. The van der Waals surface area contributed by atoms with E-state index in [1.54, 1.807) is 17.5 Å². The van der Waals surface area contributed by atoms with Crippen molar-refractivity contribution < 1.29 is 21.6 Å². The van der Waals surface area contributed by atoms with Gasteiger partial charge in [-0.15, -0.1) is 11.3 Å². The Balaban J connectivity index is 1.68. The van der Waals surface area contributed by atoms with Gasteiger partial charge >= 0.3 is 0 Å². The van der Waals surface area contributed by atoms with Crippen molar-refractivity contribution in [2.45, 2.75) is 21.9 Å². The van der Waals surface area contributed by atoms with Gasteiger partial charge in [-0.05, 0) is 48.6 Å². The standard InChI is InChI=1S/C16H19N3O5S3/c17-26(21,22)14-7-5-13(6-8-14)18-16(20)12-3-1-9-19(11-12)27(23,24)15-4-2-10-25-15/h2,4-8,10,12H,1,3,9,11H2,(H,18,20)(H2,17,21,22). The van der Waals surface area contributed by atoms with E-state index >= 15 is 0 Å². The molecule has 27 heavy (non-hydrogen) atoms. The first-order valence-electron chi connectivity index (χ1n) is 8.15. The van der Waals surface area contributed by atoms with Gasteiger partial charge in [-0.25, -0.2) is 22.0 Å². The van der Waals surface area contributed by atoms with Crippen molar-refractivity contribution in [3.8, 4) is 0 Å². The van der Waals surface area contributed by atoms with Crippen molar-refractivity contribution in [3.63, 3.8) is 0 Å². The van der Waals surface area contributed by atoms with Gasteiger partial charge in [-0.1, -0.05) is 6.07 Å². The summed E-state index contributed by atoms with van der Waals surface area (Å²) < 4.78 is 49.4. The molecule has 0 bridgehead atoms. The van der Waals surface area contributed by atoms with Gasteiger partial charge in [-0.2, -0.15) is 4.31 Å². The van der Waals surface area contributed by atoms with E-state index in [-0.39, 0.29) is 21.6 Å². The molecule has 1 aliphatic heterocycles. The van der Waals surface area contributed by atoms with Gasteiger partial charge in [0.1, 0.15) is 4.21 Å². The molecule has 0 radical (unpaired) electrons. The predicted octanol–water partition coefficient (Wildman–Crippen LogP) is 1.43. The lowest BCUT2D eigenvalue weighted by molar-refractivity contribution is -0.120. The summed E-state index contributed by atoms with van der Waals surface area (Å²) in [6.07, 6.45) is 1.17. The SMILES string of the molecule is NS(=O)(=O)c1ccc(NC(=O)C2CCCN(S(=O)(=O)c3cccs3)C2)cc1. The Morgan fingerprint density at radius 2 is 1.85 bits per heavy atom. The highest BCUT2D eigenvalue weighted by molar-refractivity contribution is 7.91. The maximum atomic E-state index is 12.6. The van der Waals surface area contributed by atoms with Crippen LogP contribution in [0, 0.1) is 5.92 Å². The van der Waals surface area contributed by atoms with Crippen LogP contribution in [-0.2, 0) is 24.8 Å². The van der Waals surface area contributed by atoms with Crippen LogP contribution >= 0.6 is 11.3 Å². The van der Waals surface area contributed by atoms with Gasteiger partial charge in [0, 0.05) is 18.8 Å². The maximum Gasteiger partial charge on any atom is 0.252 e. The molecule has 8 nitrogen and oxygen atoms in total. The highest BCUT2D eigenvalue weighted by Gasteiger charge is 2.33. The number of hydrogen-bond acceptors (Lipinski definition) is 6. The van der Waals surface area contributed by atoms with E-state index in [4.69, 9.17) is 5.14 Å². The van der Waals surface area contributed by atoms with E-state index in [1.165, 1.54) is 28.6 Å². The van der Waals surface area contributed by atoms with Crippen LogP contribution in [0.25, 0.3) is 0 Å². The van der Waals surface area contributed by atoms with Crippen molar-refractivity contribution in [2.75, 3.05) is 18.4 Å². The summed E-state index contributed by atoms with van der Waals surface area (Å²) >= 11 is 1.15. The lowest BCUT2D eigenvalue weighted by Gasteiger charge is -2.30. The number of nitrogens with two attached hydrogens (primary N) is 1. The molecule has 11 heteroatoms. The lowest BCUT2D eigenvalue weighted by Crippen LogP contribution is -2.43. The number of carbonyl (C=O) groups is 1. The molecule has 2 heterocycles. The van der Waals surface area contributed by atoms with E-state index in [9.17, 15) is 21.6 Å². The fourth-order valence-corrected chi connectivity index (χ4v) is 6.07. The highest BCUT2D eigenvalue weighted by atomic mass is 32.2. The number of piperidine rings is 1. The number of carbonyl (C=O) groups excluding carboxylic acids is 1. The zero-order chi connectivity index (χ0) is 19.7. The second kappa shape index (κ2) is 7.68. The van der Waals surface area contributed by atoms with Gasteiger partial charge in [0.25, 0.3) is 10.0 Å². The van der Waals surface area contributed by atoms with Gasteiger partial charge < -0.3 is 5.32 Å². The number of nitrogens with one attached hydrogen (secondary N) is 1. The number of sulfonamides is 2. The summed E-state index contributed by atoms with van der Waals surface area (Å²) in [4.78, 5) is 12.5. The third kappa shape index (κ3) is 4.55. The van der Waals surface area contributed by atoms with Crippen LogP contribution in [0.2, 0.25) is 0 Å². The summed E-state index contributed by atoms with van der Waals surface area (Å²) in [7, 11) is -7.39. The Morgan fingerprint density at radius 3 is 2.44 bits per heavy atom. The topological polar surface area (TPSA) is 127 Å². The maximum absolute atomic E-state index is 12.6. The van der Waals surface area contributed by atoms with E-state index in [2.05, 4.69) is 5.32 Å². The molecule has 3 N–H and O–H groups in total. The van der Waals surface area contributed by atoms with E-state index in [1.807, 2.05) is 0 Å². The van der Waals surface area contributed by atoms with Gasteiger partial charge in [0.15, 0.2) is 0 Å². The number of anilines is 1. The monoisotopic (exact) mass is 429 g/mol. The largest absolute Gasteiger partial charge is 0.326 e. The Bertz CT molecular complexity index is 1020. The van der Waals surface area contributed by atoms with E-state index < -0.39 is 26.0 Å². The molecule has 1 unspecified atom stereocenters. The Labute approximate surface area is 162 Å². The Hall–Kier alpha value is -1.79. The minimum Gasteiger partial charge on any atom is -0.326 e. The second-order valence-corrected chi connectivity index (χ2v) is 10.9. The minimum atomic E-state index is -3.80. The lowest BCUT2D eigenvalue weighted by atomic mass is 9.99.